The van der Waals surface area contributed by atoms with Crippen molar-refractivity contribution >= 4 is 23.4 Å². The van der Waals surface area contributed by atoms with Crippen LogP contribution >= 0.6 is 11.8 Å². The predicted molar refractivity (Wildman–Crippen MR) is 73.6 cm³/mol. The quantitative estimate of drug-likeness (QED) is 0.842. The maximum atomic E-state index is 12.1. The summed E-state index contributed by atoms with van der Waals surface area (Å²) in [6.45, 7) is 3.68. The second-order valence-electron chi connectivity index (χ2n) is 4.45. The summed E-state index contributed by atoms with van der Waals surface area (Å²) in [5, 5.41) is 0.459. The van der Waals surface area contributed by atoms with Crippen LogP contribution < -0.4 is 11.3 Å². The lowest BCUT2D eigenvalue weighted by molar-refractivity contribution is -0.131. The van der Waals surface area contributed by atoms with E-state index >= 15 is 0 Å². The van der Waals surface area contributed by atoms with Gasteiger partial charge in [0.25, 0.3) is 5.56 Å². The highest BCUT2D eigenvalue weighted by molar-refractivity contribution is 7.99. The van der Waals surface area contributed by atoms with Gasteiger partial charge in [-0.15, -0.1) is 0 Å². The first kappa shape index (κ1) is 13.0. The van der Waals surface area contributed by atoms with Crippen LogP contribution in [0, 0.1) is 0 Å². The van der Waals surface area contributed by atoms with Crippen molar-refractivity contribution in [1.82, 2.24) is 9.47 Å². The second-order valence-corrected chi connectivity index (χ2v) is 6.00. The Labute approximate surface area is 110 Å². The molecule has 18 heavy (non-hydrogen) atoms. The molecule has 1 fully saturated rings. The van der Waals surface area contributed by atoms with Gasteiger partial charge in [0.15, 0.2) is 0 Å². The molecule has 1 saturated heterocycles. The third-order valence-electron chi connectivity index (χ3n) is 2.91. The minimum absolute atomic E-state index is 0.0187. The number of nitrogens with two attached hydrogens (primary N) is 1. The smallest absolute Gasteiger partial charge is 0.251 e. The van der Waals surface area contributed by atoms with Crippen molar-refractivity contribution in [2.24, 2.45) is 0 Å². The summed E-state index contributed by atoms with van der Waals surface area (Å²) in [5.41, 5.74) is 5.91. The van der Waals surface area contributed by atoms with Gasteiger partial charge < -0.3 is 15.2 Å². The molecular formula is C12H17N3O2S. The number of nitrogens with zero attached hydrogens (tertiary/aromatic N) is 2. The highest BCUT2D eigenvalue weighted by atomic mass is 32.2. The summed E-state index contributed by atoms with van der Waals surface area (Å²) in [4.78, 5) is 25.5. The van der Waals surface area contributed by atoms with Gasteiger partial charge in [-0.05, 0) is 6.07 Å². The van der Waals surface area contributed by atoms with Gasteiger partial charge in [-0.2, -0.15) is 11.8 Å². The Morgan fingerprint density at radius 3 is 3.06 bits per heavy atom. The lowest BCUT2D eigenvalue weighted by Crippen LogP contribution is -2.43. The molecular weight excluding hydrogens is 250 g/mol. The van der Waals surface area contributed by atoms with Crippen molar-refractivity contribution in [2.45, 2.75) is 18.7 Å². The maximum Gasteiger partial charge on any atom is 0.251 e. The number of carbonyl (C=O) groups excluding carboxylic acids is 1. The number of anilines is 1. The Morgan fingerprint density at radius 2 is 2.33 bits per heavy atom. The van der Waals surface area contributed by atoms with E-state index in [0.29, 0.717) is 10.9 Å². The molecule has 0 bridgehead atoms. The van der Waals surface area contributed by atoms with Crippen LogP contribution in [0.5, 0.6) is 0 Å². The highest BCUT2D eigenvalue weighted by Crippen LogP contribution is 2.17. The van der Waals surface area contributed by atoms with E-state index in [1.165, 1.54) is 16.8 Å². The number of carbonyl (C=O) groups is 1. The van der Waals surface area contributed by atoms with Crippen LogP contribution in [0.25, 0.3) is 0 Å². The molecule has 1 aliphatic heterocycles. The van der Waals surface area contributed by atoms with Crippen LogP contribution in [0.3, 0.4) is 0 Å². The molecule has 2 heterocycles. The van der Waals surface area contributed by atoms with Crippen molar-refractivity contribution in [1.29, 1.82) is 0 Å². The van der Waals surface area contributed by atoms with Crippen LogP contribution in [0.4, 0.5) is 5.69 Å². The number of hydrogen-bond acceptors (Lipinski definition) is 4. The Bertz CT molecular complexity index is 500. The van der Waals surface area contributed by atoms with Crippen molar-refractivity contribution in [3.05, 3.63) is 28.7 Å². The number of thioether (sulfide) groups is 1. The van der Waals surface area contributed by atoms with Gasteiger partial charge in [0.05, 0.1) is 0 Å². The van der Waals surface area contributed by atoms with E-state index in [-0.39, 0.29) is 18.0 Å². The van der Waals surface area contributed by atoms with E-state index in [1.807, 2.05) is 16.7 Å². The number of amides is 1. The minimum atomic E-state index is -0.197. The molecule has 0 spiro atoms. The standard InChI is InChI=1S/C12H17N3O2S/c1-9-6-14(4-5-18-9)12(17)8-15-7-10(13)2-3-11(15)16/h2-3,7,9H,4-6,8,13H2,1H3. The first-order chi connectivity index (χ1) is 8.56. The fourth-order valence-corrected chi connectivity index (χ4v) is 2.98. The van der Waals surface area contributed by atoms with E-state index in [9.17, 15) is 9.59 Å². The van der Waals surface area contributed by atoms with Crippen LogP contribution in [0.15, 0.2) is 23.1 Å². The summed E-state index contributed by atoms with van der Waals surface area (Å²) in [5.74, 6) is 0.938. The zero-order valence-electron chi connectivity index (χ0n) is 10.3. The topological polar surface area (TPSA) is 68.3 Å². The molecule has 0 saturated carbocycles. The summed E-state index contributed by atoms with van der Waals surface area (Å²) in [6.07, 6.45) is 1.52. The largest absolute Gasteiger partial charge is 0.398 e. The predicted octanol–water partition coefficient (Wildman–Crippen LogP) is 0.394. The number of pyridine rings is 1. The molecule has 1 atom stereocenters. The third-order valence-corrected chi connectivity index (χ3v) is 4.04. The molecule has 0 radical (unpaired) electrons. The summed E-state index contributed by atoms with van der Waals surface area (Å²) < 4.78 is 1.37. The molecule has 0 aromatic carbocycles. The lowest BCUT2D eigenvalue weighted by atomic mass is 10.3. The molecule has 1 amide bonds. The molecule has 6 heteroatoms. The molecule has 0 aliphatic carbocycles. The molecule has 98 valence electrons. The summed E-state index contributed by atoms with van der Waals surface area (Å²) in [7, 11) is 0. The Balaban J connectivity index is 2.06. The van der Waals surface area contributed by atoms with Gasteiger partial charge in [-0.3, -0.25) is 9.59 Å². The molecule has 1 aromatic rings. The molecule has 1 aliphatic rings. The van der Waals surface area contributed by atoms with E-state index in [0.717, 1.165) is 18.8 Å². The third kappa shape index (κ3) is 3.07. The monoisotopic (exact) mass is 267 g/mol. The van der Waals surface area contributed by atoms with E-state index < -0.39 is 0 Å². The van der Waals surface area contributed by atoms with Crippen molar-refractivity contribution in [3.63, 3.8) is 0 Å². The van der Waals surface area contributed by atoms with Gasteiger partial charge in [-0.1, -0.05) is 6.92 Å². The van der Waals surface area contributed by atoms with E-state index in [2.05, 4.69) is 6.92 Å². The number of nitrogen functional groups attached to an aromatic ring is 1. The van der Waals surface area contributed by atoms with Gasteiger partial charge >= 0.3 is 0 Å². The maximum absolute atomic E-state index is 12.1. The normalized spacial score (nSPS) is 19.8. The minimum Gasteiger partial charge on any atom is -0.398 e. The molecule has 1 unspecified atom stereocenters. The average molecular weight is 267 g/mol. The second kappa shape index (κ2) is 5.48. The average Bonchev–Trinajstić information content (AvgIpc) is 2.34. The van der Waals surface area contributed by atoms with E-state index in [1.54, 1.807) is 6.07 Å². The first-order valence-corrected chi connectivity index (χ1v) is 6.96. The zero-order chi connectivity index (χ0) is 13.1. The fourth-order valence-electron chi connectivity index (χ4n) is 1.96. The van der Waals surface area contributed by atoms with E-state index in [4.69, 9.17) is 5.73 Å². The van der Waals surface area contributed by atoms with Crippen molar-refractivity contribution in [3.8, 4) is 0 Å². The molecule has 1 aromatic heterocycles. The number of hydrogen-bond donors (Lipinski definition) is 1. The number of rotatable bonds is 2. The van der Waals surface area contributed by atoms with Crippen LogP contribution in [0.2, 0.25) is 0 Å². The van der Waals surface area contributed by atoms with Gasteiger partial charge in [0.2, 0.25) is 5.91 Å². The SMILES string of the molecule is CC1CN(C(=O)Cn2cc(N)ccc2=O)CCS1. The Hall–Kier alpha value is -1.43. The lowest BCUT2D eigenvalue weighted by Gasteiger charge is -2.30. The first-order valence-electron chi connectivity index (χ1n) is 5.91. The van der Waals surface area contributed by atoms with Gasteiger partial charge in [0.1, 0.15) is 6.54 Å². The molecule has 2 rings (SSSR count). The van der Waals surface area contributed by atoms with Crippen LogP contribution in [0.1, 0.15) is 6.92 Å². The summed E-state index contributed by atoms with van der Waals surface area (Å²) in [6, 6.07) is 2.93. The van der Waals surface area contributed by atoms with Gasteiger partial charge in [-0.25, -0.2) is 0 Å². The van der Waals surface area contributed by atoms with Crippen LogP contribution in [-0.4, -0.2) is 39.5 Å². The molecule has 2 N–H and O–H groups in total. The van der Waals surface area contributed by atoms with Crippen LogP contribution in [-0.2, 0) is 11.3 Å². The Kier molecular flexibility index (Phi) is 3.96. The fraction of sp³-hybridized carbons (Fsp3) is 0.500. The zero-order valence-corrected chi connectivity index (χ0v) is 11.2. The number of aromatic nitrogens is 1. The van der Waals surface area contributed by atoms with Crippen molar-refractivity contribution in [2.75, 3.05) is 24.6 Å². The highest BCUT2D eigenvalue weighted by Gasteiger charge is 2.21. The van der Waals surface area contributed by atoms with Crippen molar-refractivity contribution < 1.29 is 4.79 Å². The molecule has 5 nitrogen and oxygen atoms in total. The van der Waals surface area contributed by atoms with Gasteiger partial charge in [0, 0.05) is 42.0 Å². The Morgan fingerprint density at radius 1 is 1.56 bits per heavy atom. The summed E-state index contributed by atoms with van der Waals surface area (Å²) >= 11 is 1.87.